The number of rotatable bonds is 8. The Balaban J connectivity index is 2.28. The molecule has 5 heteroatoms. The zero-order valence-electron chi connectivity index (χ0n) is 13.3. The van der Waals surface area contributed by atoms with Crippen molar-refractivity contribution in [2.45, 2.75) is 64.6 Å². The van der Waals surface area contributed by atoms with Crippen molar-refractivity contribution in [3.05, 3.63) is 0 Å². The topological polar surface area (TPSA) is 61.8 Å². The summed E-state index contributed by atoms with van der Waals surface area (Å²) in [6, 6.07) is 0.177. The van der Waals surface area contributed by atoms with E-state index in [1.165, 1.54) is 0 Å². The first kappa shape index (κ1) is 17.4. The van der Waals surface area contributed by atoms with Crippen LogP contribution in [0.3, 0.4) is 0 Å². The number of ether oxygens (including phenoxy) is 1. The molecule has 20 heavy (non-hydrogen) atoms. The van der Waals surface area contributed by atoms with Crippen LogP contribution in [0.15, 0.2) is 0 Å². The maximum Gasteiger partial charge on any atom is 0.323 e. The van der Waals surface area contributed by atoms with Crippen molar-refractivity contribution in [1.29, 1.82) is 0 Å². The molecule has 0 saturated carbocycles. The molecular weight excluding hydrogens is 256 g/mol. The van der Waals surface area contributed by atoms with Gasteiger partial charge in [0, 0.05) is 19.1 Å². The van der Waals surface area contributed by atoms with Crippen molar-refractivity contribution in [2.24, 2.45) is 0 Å². The van der Waals surface area contributed by atoms with E-state index >= 15 is 0 Å². The zero-order valence-corrected chi connectivity index (χ0v) is 13.3. The highest BCUT2D eigenvalue weighted by Crippen LogP contribution is 2.16. The van der Waals surface area contributed by atoms with E-state index in [0.717, 1.165) is 39.1 Å². The van der Waals surface area contributed by atoms with Crippen LogP contribution in [-0.2, 0) is 9.53 Å². The smallest absolute Gasteiger partial charge is 0.323 e. The fourth-order valence-electron chi connectivity index (χ4n) is 2.79. The lowest BCUT2D eigenvalue weighted by Crippen LogP contribution is -2.52. The molecule has 2 atom stereocenters. The van der Waals surface area contributed by atoms with Gasteiger partial charge < -0.3 is 9.84 Å². The average molecular weight is 286 g/mol. The van der Waals surface area contributed by atoms with Crippen molar-refractivity contribution in [3.8, 4) is 0 Å². The molecular formula is C15H30N2O3. The number of carbonyl (C=O) groups is 1. The normalized spacial score (nSPS) is 23.8. The number of nitrogens with one attached hydrogen (secondary N) is 1. The molecule has 0 aliphatic carbocycles. The van der Waals surface area contributed by atoms with Gasteiger partial charge in [0.2, 0.25) is 0 Å². The Morgan fingerprint density at radius 2 is 2.20 bits per heavy atom. The van der Waals surface area contributed by atoms with Gasteiger partial charge in [-0.2, -0.15) is 0 Å². The fourth-order valence-corrected chi connectivity index (χ4v) is 2.79. The molecule has 0 aromatic heterocycles. The van der Waals surface area contributed by atoms with Gasteiger partial charge in [-0.3, -0.25) is 15.0 Å². The molecule has 2 N–H and O–H groups in total. The van der Waals surface area contributed by atoms with Gasteiger partial charge in [0.25, 0.3) is 0 Å². The van der Waals surface area contributed by atoms with Crippen LogP contribution in [0.2, 0.25) is 0 Å². The van der Waals surface area contributed by atoms with Crippen LogP contribution in [0.5, 0.6) is 0 Å². The molecule has 1 fully saturated rings. The standard InChI is InChI=1S/C15H30N2O3/c1-12(2)16-15(4,14(18)19)7-5-6-8-17-9-10-20-13(3)11-17/h12-13,16H,5-11H2,1-4H3,(H,18,19). The molecule has 0 amide bonds. The van der Waals surface area contributed by atoms with Crippen molar-refractivity contribution >= 4 is 5.97 Å². The minimum absolute atomic E-state index is 0.177. The number of morpholine rings is 1. The summed E-state index contributed by atoms with van der Waals surface area (Å²) >= 11 is 0. The molecule has 1 rings (SSSR count). The van der Waals surface area contributed by atoms with Crippen molar-refractivity contribution < 1.29 is 14.6 Å². The average Bonchev–Trinajstić information content (AvgIpc) is 2.34. The van der Waals surface area contributed by atoms with E-state index in [1.807, 2.05) is 13.8 Å². The Kier molecular flexibility index (Phi) is 6.92. The summed E-state index contributed by atoms with van der Waals surface area (Å²) in [7, 11) is 0. The van der Waals surface area contributed by atoms with Crippen molar-refractivity contribution in [2.75, 3.05) is 26.2 Å². The molecule has 0 spiro atoms. The fraction of sp³-hybridized carbons (Fsp3) is 0.933. The molecule has 0 bridgehead atoms. The van der Waals surface area contributed by atoms with Gasteiger partial charge >= 0.3 is 5.97 Å². The lowest BCUT2D eigenvalue weighted by Gasteiger charge is -2.32. The number of hydrogen-bond acceptors (Lipinski definition) is 4. The summed E-state index contributed by atoms with van der Waals surface area (Å²) in [5.74, 6) is -0.758. The van der Waals surface area contributed by atoms with E-state index in [2.05, 4.69) is 17.1 Å². The summed E-state index contributed by atoms with van der Waals surface area (Å²) < 4.78 is 5.51. The van der Waals surface area contributed by atoms with Crippen LogP contribution in [0.25, 0.3) is 0 Å². The predicted molar refractivity (Wildman–Crippen MR) is 80.0 cm³/mol. The Morgan fingerprint density at radius 1 is 1.50 bits per heavy atom. The summed E-state index contributed by atoms with van der Waals surface area (Å²) in [6.07, 6.45) is 2.94. The van der Waals surface area contributed by atoms with Gasteiger partial charge in [-0.05, 0) is 53.5 Å². The van der Waals surface area contributed by atoms with E-state index in [-0.39, 0.29) is 6.04 Å². The first-order valence-electron chi connectivity index (χ1n) is 7.68. The van der Waals surface area contributed by atoms with Gasteiger partial charge in [0.05, 0.1) is 12.7 Å². The minimum Gasteiger partial charge on any atom is -0.480 e. The van der Waals surface area contributed by atoms with Gasteiger partial charge in [-0.15, -0.1) is 0 Å². The molecule has 118 valence electrons. The summed E-state index contributed by atoms with van der Waals surface area (Å²) in [4.78, 5) is 13.8. The predicted octanol–water partition coefficient (Wildman–Crippen LogP) is 1.72. The molecule has 1 heterocycles. The molecule has 0 aromatic rings. The lowest BCUT2D eigenvalue weighted by molar-refractivity contribution is -0.144. The van der Waals surface area contributed by atoms with Crippen LogP contribution in [0.4, 0.5) is 0 Å². The molecule has 5 nitrogen and oxygen atoms in total. The van der Waals surface area contributed by atoms with Gasteiger partial charge in [0.15, 0.2) is 0 Å². The first-order valence-corrected chi connectivity index (χ1v) is 7.68. The highest BCUT2D eigenvalue weighted by Gasteiger charge is 2.32. The van der Waals surface area contributed by atoms with Gasteiger partial charge in [0.1, 0.15) is 5.54 Å². The quantitative estimate of drug-likeness (QED) is 0.665. The van der Waals surface area contributed by atoms with Crippen LogP contribution in [0, 0.1) is 0 Å². The van der Waals surface area contributed by atoms with E-state index in [9.17, 15) is 9.90 Å². The summed E-state index contributed by atoms with van der Waals surface area (Å²) in [5.41, 5.74) is -0.813. The minimum atomic E-state index is -0.813. The van der Waals surface area contributed by atoms with E-state index in [0.29, 0.717) is 12.5 Å². The third-order valence-electron chi connectivity index (χ3n) is 3.81. The highest BCUT2D eigenvalue weighted by molar-refractivity contribution is 5.78. The largest absolute Gasteiger partial charge is 0.480 e. The van der Waals surface area contributed by atoms with E-state index < -0.39 is 11.5 Å². The third-order valence-corrected chi connectivity index (χ3v) is 3.81. The van der Waals surface area contributed by atoms with E-state index in [1.54, 1.807) is 6.92 Å². The number of carboxylic acids is 1. The van der Waals surface area contributed by atoms with Crippen molar-refractivity contribution in [1.82, 2.24) is 10.2 Å². The Hall–Kier alpha value is -0.650. The number of nitrogens with zero attached hydrogens (tertiary/aromatic N) is 1. The van der Waals surface area contributed by atoms with E-state index in [4.69, 9.17) is 4.74 Å². The first-order chi connectivity index (χ1) is 9.33. The second-order valence-electron chi connectivity index (χ2n) is 6.38. The highest BCUT2D eigenvalue weighted by atomic mass is 16.5. The number of carboxylic acid groups (broad SMARTS) is 1. The maximum atomic E-state index is 11.4. The molecule has 1 saturated heterocycles. The van der Waals surface area contributed by atoms with Gasteiger partial charge in [-0.1, -0.05) is 0 Å². The summed E-state index contributed by atoms with van der Waals surface area (Å²) in [5, 5.41) is 12.5. The second-order valence-corrected chi connectivity index (χ2v) is 6.38. The zero-order chi connectivity index (χ0) is 15.2. The molecule has 0 aromatic carbocycles. The van der Waals surface area contributed by atoms with Crippen LogP contribution < -0.4 is 5.32 Å². The molecule has 2 unspecified atom stereocenters. The number of hydrogen-bond donors (Lipinski definition) is 2. The number of aliphatic carboxylic acids is 1. The SMILES string of the molecule is CC(C)NC(C)(CCCCN1CCOC(C)C1)C(=O)O. The van der Waals surface area contributed by atoms with Crippen LogP contribution in [0.1, 0.15) is 47.0 Å². The van der Waals surface area contributed by atoms with Gasteiger partial charge in [-0.25, -0.2) is 0 Å². The Labute approximate surface area is 122 Å². The van der Waals surface area contributed by atoms with Crippen LogP contribution in [-0.4, -0.2) is 59.9 Å². The van der Waals surface area contributed by atoms with Crippen molar-refractivity contribution in [3.63, 3.8) is 0 Å². The Bertz CT molecular complexity index is 309. The molecule has 1 aliphatic heterocycles. The Morgan fingerprint density at radius 3 is 2.75 bits per heavy atom. The summed E-state index contributed by atoms with van der Waals surface area (Å²) in [6.45, 7) is 11.7. The maximum absolute atomic E-state index is 11.4. The van der Waals surface area contributed by atoms with Crippen LogP contribution >= 0.6 is 0 Å². The second kappa shape index (κ2) is 7.96. The molecule has 0 radical (unpaired) electrons. The lowest BCUT2D eigenvalue weighted by atomic mass is 9.94. The third kappa shape index (κ3) is 5.77. The molecule has 1 aliphatic rings. The number of unbranched alkanes of at least 4 members (excludes halogenated alkanes) is 1. The monoisotopic (exact) mass is 286 g/mol.